The summed E-state index contributed by atoms with van der Waals surface area (Å²) in [6, 6.07) is 5.36. The van der Waals surface area contributed by atoms with E-state index in [2.05, 4.69) is 5.32 Å². The number of phenolic OH excluding ortho intramolecular Hbond substituents is 1. The van der Waals surface area contributed by atoms with Gasteiger partial charge in [0.05, 0.1) is 13.2 Å². The number of ether oxygens (including phenoxy) is 2. The summed E-state index contributed by atoms with van der Waals surface area (Å²) < 4.78 is 10.3. The highest BCUT2D eigenvalue weighted by Gasteiger charge is 2.06. The topological polar surface area (TPSA) is 93.8 Å². The lowest BCUT2D eigenvalue weighted by Gasteiger charge is -2.11. The molecule has 6 nitrogen and oxygen atoms in total. The second-order valence-electron chi connectivity index (χ2n) is 3.89. The van der Waals surface area contributed by atoms with Crippen LogP contribution in [0.1, 0.15) is 12.5 Å². The van der Waals surface area contributed by atoms with Gasteiger partial charge < -0.3 is 25.6 Å². The number of carbonyl (C=O) groups excluding carboxylic acids is 1. The molecule has 0 aliphatic carbocycles. The second-order valence-corrected chi connectivity index (χ2v) is 3.89. The molecule has 0 radical (unpaired) electrons. The molecule has 0 bridgehead atoms. The first-order chi connectivity index (χ1) is 9.15. The van der Waals surface area contributed by atoms with E-state index in [1.807, 2.05) is 19.1 Å². The summed E-state index contributed by atoms with van der Waals surface area (Å²) in [6.45, 7) is 3.73. The maximum Gasteiger partial charge on any atom is 0.243 e. The zero-order chi connectivity index (χ0) is 14.1. The van der Waals surface area contributed by atoms with Gasteiger partial charge in [0.25, 0.3) is 0 Å². The molecule has 1 aromatic rings. The molecule has 19 heavy (non-hydrogen) atoms. The van der Waals surface area contributed by atoms with Crippen LogP contribution >= 0.6 is 0 Å². The van der Waals surface area contributed by atoms with Crippen molar-refractivity contribution in [2.24, 2.45) is 5.73 Å². The lowest BCUT2D eigenvalue weighted by Crippen LogP contribution is -2.23. The predicted octanol–water partition coefficient (Wildman–Crippen LogP) is 0.382. The number of carbonyl (C=O) groups is 1. The molecule has 106 valence electrons. The smallest absolute Gasteiger partial charge is 0.243 e. The molecule has 0 fully saturated rings. The molecule has 1 rings (SSSR count). The summed E-state index contributed by atoms with van der Waals surface area (Å²) >= 11 is 0. The highest BCUT2D eigenvalue weighted by Crippen LogP contribution is 2.29. The number of amides is 1. The van der Waals surface area contributed by atoms with Crippen molar-refractivity contribution >= 4 is 5.91 Å². The zero-order valence-corrected chi connectivity index (χ0v) is 11.0. The number of nitrogens with one attached hydrogen (secondary N) is 1. The number of nitrogens with two attached hydrogens (primary N) is 1. The van der Waals surface area contributed by atoms with Crippen LogP contribution in [0.15, 0.2) is 18.2 Å². The number of para-hydroxylation sites is 1. The van der Waals surface area contributed by atoms with Gasteiger partial charge in [-0.3, -0.25) is 4.79 Å². The van der Waals surface area contributed by atoms with Crippen molar-refractivity contribution in [3.05, 3.63) is 23.8 Å². The van der Waals surface area contributed by atoms with Gasteiger partial charge in [-0.1, -0.05) is 12.1 Å². The Kier molecular flexibility index (Phi) is 6.70. The van der Waals surface area contributed by atoms with Crippen molar-refractivity contribution in [2.45, 2.75) is 13.5 Å². The number of primary amides is 1. The number of benzene rings is 1. The van der Waals surface area contributed by atoms with Crippen molar-refractivity contribution in [2.75, 3.05) is 26.4 Å². The summed E-state index contributed by atoms with van der Waals surface area (Å²) in [5, 5.41) is 13.0. The van der Waals surface area contributed by atoms with Crippen molar-refractivity contribution < 1.29 is 19.4 Å². The van der Waals surface area contributed by atoms with Crippen LogP contribution in [0, 0.1) is 0 Å². The van der Waals surface area contributed by atoms with Gasteiger partial charge in [-0.15, -0.1) is 0 Å². The monoisotopic (exact) mass is 268 g/mol. The van der Waals surface area contributed by atoms with Crippen molar-refractivity contribution in [1.29, 1.82) is 0 Å². The third kappa shape index (κ3) is 5.58. The standard InChI is InChI=1S/C13H20N2O4/c1-2-19-11-5-3-4-10(13(11)17)8-15-6-7-18-9-12(14)16/h3-5,15,17H,2,6-9H2,1H3,(H2,14,16). The van der Waals surface area contributed by atoms with Gasteiger partial charge in [-0.05, 0) is 13.0 Å². The van der Waals surface area contributed by atoms with E-state index in [-0.39, 0.29) is 12.4 Å². The van der Waals surface area contributed by atoms with E-state index in [4.69, 9.17) is 15.2 Å². The Bertz CT molecular complexity index is 410. The van der Waals surface area contributed by atoms with E-state index >= 15 is 0 Å². The Morgan fingerprint density at radius 3 is 2.95 bits per heavy atom. The molecule has 0 heterocycles. The summed E-state index contributed by atoms with van der Waals surface area (Å²) in [6.07, 6.45) is 0. The van der Waals surface area contributed by atoms with E-state index < -0.39 is 5.91 Å². The lowest BCUT2D eigenvalue weighted by atomic mass is 10.2. The lowest BCUT2D eigenvalue weighted by molar-refractivity contribution is -0.122. The van der Waals surface area contributed by atoms with Gasteiger partial charge in [-0.25, -0.2) is 0 Å². The number of aromatic hydroxyl groups is 1. The van der Waals surface area contributed by atoms with Gasteiger partial charge in [0, 0.05) is 18.7 Å². The highest BCUT2D eigenvalue weighted by atomic mass is 16.5. The summed E-state index contributed by atoms with van der Waals surface area (Å²) in [5.74, 6) is 0.142. The minimum atomic E-state index is -0.484. The van der Waals surface area contributed by atoms with Crippen molar-refractivity contribution in [1.82, 2.24) is 5.32 Å². The first-order valence-corrected chi connectivity index (χ1v) is 6.15. The first-order valence-electron chi connectivity index (χ1n) is 6.15. The third-order valence-corrected chi connectivity index (χ3v) is 2.37. The van der Waals surface area contributed by atoms with Gasteiger partial charge in [0.15, 0.2) is 11.5 Å². The first kappa shape index (κ1) is 15.3. The van der Waals surface area contributed by atoms with E-state index in [1.54, 1.807) is 6.07 Å². The molecule has 0 unspecified atom stereocenters. The van der Waals surface area contributed by atoms with Crippen molar-refractivity contribution in [3.8, 4) is 11.5 Å². The molecule has 0 saturated heterocycles. The van der Waals surface area contributed by atoms with Crippen LogP contribution in [0.5, 0.6) is 11.5 Å². The van der Waals surface area contributed by atoms with Crippen LogP contribution in [0.4, 0.5) is 0 Å². The average Bonchev–Trinajstić information content (AvgIpc) is 2.37. The third-order valence-electron chi connectivity index (χ3n) is 2.37. The minimum Gasteiger partial charge on any atom is -0.504 e. The van der Waals surface area contributed by atoms with Gasteiger partial charge in [0.1, 0.15) is 6.61 Å². The predicted molar refractivity (Wildman–Crippen MR) is 71.0 cm³/mol. The quantitative estimate of drug-likeness (QED) is 0.563. The minimum absolute atomic E-state index is 0.0766. The van der Waals surface area contributed by atoms with Crippen LogP contribution in [0.3, 0.4) is 0 Å². The number of phenols is 1. The van der Waals surface area contributed by atoms with E-state index in [0.29, 0.717) is 32.1 Å². The molecule has 0 aliphatic rings. The molecule has 1 amide bonds. The number of hydrogen-bond acceptors (Lipinski definition) is 5. The Morgan fingerprint density at radius 1 is 1.47 bits per heavy atom. The van der Waals surface area contributed by atoms with E-state index in [9.17, 15) is 9.90 Å². The van der Waals surface area contributed by atoms with Crippen LogP contribution < -0.4 is 15.8 Å². The molecule has 0 aliphatic heterocycles. The van der Waals surface area contributed by atoms with Crippen LogP contribution in [-0.2, 0) is 16.1 Å². The van der Waals surface area contributed by atoms with Crippen LogP contribution in [0.25, 0.3) is 0 Å². The Labute approximate surface area is 112 Å². The van der Waals surface area contributed by atoms with Gasteiger partial charge in [0.2, 0.25) is 5.91 Å². The number of rotatable bonds is 9. The van der Waals surface area contributed by atoms with Crippen LogP contribution in [0.2, 0.25) is 0 Å². The molecule has 0 spiro atoms. The maximum atomic E-state index is 10.4. The molecule has 4 N–H and O–H groups in total. The molecule has 6 heteroatoms. The fourth-order valence-corrected chi connectivity index (χ4v) is 1.52. The molecular formula is C13H20N2O4. The second kappa shape index (κ2) is 8.34. The summed E-state index contributed by atoms with van der Waals surface area (Å²) in [7, 11) is 0. The molecule has 0 saturated carbocycles. The van der Waals surface area contributed by atoms with E-state index in [0.717, 1.165) is 5.56 Å². The summed E-state index contributed by atoms with van der Waals surface area (Å²) in [5.41, 5.74) is 5.68. The molecule has 1 aromatic carbocycles. The summed E-state index contributed by atoms with van der Waals surface area (Å²) in [4.78, 5) is 10.4. The van der Waals surface area contributed by atoms with Crippen molar-refractivity contribution in [3.63, 3.8) is 0 Å². The fraction of sp³-hybridized carbons (Fsp3) is 0.462. The SMILES string of the molecule is CCOc1cccc(CNCCOCC(N)=O)c1O. The highest BCUT2D eigenvalue weighted by molar-refractivity contribution is 5.74. The molecule has 0 atom stereocenters. The molecular weight excluding hydrogens is 248 g/mol. The number of hydrogen-bond donors (Lipinski definition) is 3. The maximum absolute atomic E-state index is 10.4. The van der Waals surface area contributed by atoms with Gasteiger partial charge >= 0.3 is 0 Å². The Balaban J connectivity index is 2.33. The largest absolute Gasteiger partial charge is 0.504 e. The fourth-order valence-electron chi connectivity index (χ4n) is 1.52. The molecule has 0 aromatic heterocycles. The van der Waals surface area contributed by atoms with Crippen LogP contribution in [-0.4, -0.2) is 37.4 Å². The average molecular weight is 268 g/mol. The Hall–Kier alpha value is -1.79. The van der Waals surface area contributed by atoms with E-state index in [1.165, 1.54) is 0 Å². The Morgan fingerprint density at radius 2 is 2.26 bits per heavy atom. The van der Waals surface area contributed by atoms with Gasteiger partial charge in [-0.2, -0.15) is 0 Å². The normalized spacial score (nSPS) is 10.4. The zero-order valence-electron chi connectivity index (χ0n) is 11.0.